The summed E-state index contributed by atoms with van der Waals surface area (Å²) >= 11 is 0. The van der Waals surface area contributed by atoms with Crippen LogP contribution in [0, 0.1) is 0 Å². The molecule has 0 saturated carbocycles. The van der Waals surface area contributed by atoms with Crippen LogP contribution in [0.2, 0.25) is 0 Å². The van der Waals surface area contributed by atoms with Gasteiger partial charge in [-0.05, 0) is 45.4 Å². The Bertz CT molecular complexity index is 827. The number of esters is 1. The fourth-order valence-corrected chi connectivity index (χ4v) is 2.83. The molecule has 0 spiro atoms. The second-order valence-corrected chi connectivity index (χ2v) is 7.34. The summed E-state index contributed by atoms with van der Waals surface area (Å²) in [6.07, 6.45) is 0.546. The molecule has 1 aliphatic heterocycles. The smallest absolute Gasteiger partial charge is 0.325 e. The number of nitrogens with zero attached hydrogens (tertiary/aromatic N) is 1. The molecule has 1 aliphatic rings. The molecule has 0 bridgehead atoms. The molecule has 0 saturated heterocycles. The van der Waals surface area contributed by atoms with Gasteiger partial charge >= 0.3 is 5.97 Å². The Balaban J connectivity index is 2.17. The lowest BCUT2D eigenvalue weighted by Gasteiger charge is -2.22. The van der Waals surface area contributed by atoms with E-state index in [1.807, 2.05) is 0 Å². The van der Waals surface area contributed by atoms with E-state index in [0.29, 0.717) is 12.0 Å². The van der Waals surface area contributed by atoms with Gasteiger partial charge in [-0.15, -0.1) is 0 Å². The largest absolute Gasteiger partial charge is 0.459 e. The zero-order chi connectivity index (χ0) is 21.1. The number of benzene rings is 1. The lowest BCUT2D eigenvalue weighted by molar-refractivity contribution is -0.152. The standard InChI is InChI=1S/C19H23N3O6/c1-19(2,3)28-15(24)10-21-11-6-7-12-13(9-11)18(27)22(17(12)26)14(16(20)25)5-4-8-23/h6-9,14,21H,4-5,10H2,1-3H3,(H2,20,25). The van der Waals surface area contributed by atoms with E-state index in [2.05, 4.69) is 5.32 Å². The number of nitrogens with two attached hydrogens (primary N) is 1. The van der Waals surface area contributed by atoms with Crippen molar-refractivity contribution in [2.45, 2.75) is 45.3 Å². The molecule has 0 fully saturated rings. The molecule has 28 heavy (non-hydrogen) atoms. The molecule has 1 unspecified atom stereocenters. The lowest BCUT2D eigenvalue weighted by atomic mass is 10.1. The summed E-state index contributed by atoms with van der Waals surface area (Å²) in [4.78, 5) is 60.1. The number of hydrogen-bond donors (Lipinski definition) is 2. The van der Waals surface area contributed by atoms with E-state index in [1.54, 1.807) is 26.8 Å². The Hall–Kier alpha value is -3.23. The first-order valence-corrected chi connectivity index (χ1v) is 8.75. The summed E-state index contributed by atoms with van der Waals surface area (Å²) in [5.41, 5.74) is 5.36. The fraction of sp³-hybridized carbons (Fsp3) is 0.421. The van der Waals surface area contributed by atoms with Gasteiger partial charge in [0.25, 0.3) is 11.8 Å². The molecule has 1 atom stereocenters. The van der Waals surface area contributed by atoms with E-state index in [9.17, 15) is 24.0 Å². The highest BCUT2D eigenvalue weighted by molar-refractivity contribution is 6.23. The molecule has 2 rings (SSSR count). The Kier molecular flexibility index (Phi) is 6.17. The SMILES string of the molecule is CC(C)(C)OC(=O)CNc1ccc2c(c1)C(=O)N(C(CCC=O)C(N)=O)C2=O. The average Bonchev–Trinajstić information content (AvgIpc) is 2.83. The molecular formula is C19H23N3O6. The molecule has 9 nitrogen and oxygen atoms in total. The van der Waals surface area contributed by atoms with Crippen molar-refractivity contribution in [2.24, 2.45) is 5.73 Å². The van der Waals surface area contributed by atoms with Gasteiger partial charge in [0.1, 0.15) is 24.5 Å². The highest BCUT2D eigenvalue weighted by atomic mass is 16.6. The van der Waals surface area contributed by atoms with E-state index in [4.69, 9.17) is 10.5 Å². The summed E-state index contributed by atoms with van der Waals surface area (Å²) in [7, 11) is 0. The Morgan fingerprint density at radius 1 is 1.21 bits per heavy atom. The molecule has 0 aliphatic carbocycles. The minimum atomic E-state index is -1.20. The van der Waals surface area contributed by atoms with Gasteiger partial charge in [0.05, 0.1) is 11.1 Å². The third-order valence-electron chi connectivity index (χ3n) is 3.97. The maximum absolute atomic E-state index is 12.7. The summed E-state index contributed by atoms with van der Waals surface area (Å²) < 4.78 is 5.19. The van der Waals surface area contributed by atoms with Gasteiger partial charge in [-0.25, -0.2) is 0 Å². The van der Waals surface area contributed by atoms with Gasteiger partial charge in [0.2, 0.25) is 5.91 Å². The molecule has 1 aromatic rings. The zero-order valence-electron chi connectivity index (χ0n) is 16.0. The van der Waals surface area contributed by atoms with Gasteiger partial charge in [-0.1, -0.05) is 0 Å². The van der Waals surface area contributed by atoms with E-state index in [-0.39, 0.29) is 30.5 Å². The van der Waals surface area contributed by atoms with E-state index in [1.165, 1.54) is 12.1 Å². The Morgan fingerprint density at radius 3 is 2.43 bits per heavy atom. The minimum Gasteiger partial charge on any atom is -0.459 e. The maximum atomic E-state index is 12.7. The van der Waals surface area contributed by atoms with Crippen LogP contribution >= 0.6 is 0 Å². The van der Waals surface area contributed by atoms with Crippen LogP contribution in [0.5, 0.6) is 0 Å². The van der Waals surface area contributed by atoms with Crippen LogP contribution in [0.1, 0.15) is 54.3 Å². The number of anilines is 1. The van der Waals surface area contributed by atoms with Crippen molar-refractivity contribution in [3.05, 3.63) is 29.3 Å². The van der Waals surface area contributed by atoms with Gasteiger partial charge in [-0.2, -0.15) is 0 Å². The summed E-state index contributed by atoms with van der Waals surface area (Å²) in [5.74, 6) is -2.65. The molecule has 9 heteroatoms. The second-order valence-electron chi connectivity index (χ2n) is 7.34. The topological polar surface area (TPSA) is 136 Å². The number of carbonyl (C=O) groups excluding carboxylic acids is 5. The molecule has 150 valence electrons. The summed E-state index contributed by atoms with van der Waals surface area (Å²) in [6, 6.07) is 3.21. The maximum Gasteiger partial charge on any atom is 0.325 e. The highest BCUT2D eigenvalue weighted by Gasteiger charge is 2.42. The molecule has 3 amide bonds. The third-order valence-corrected chi connectivity index (χ3v) is 3.97. The normalized spacial score (nSPS) is 14.5. The van der Waals surface area contributed by atoms with Gasteiger partial charge in [0.15, 0.2) is 0 Å². The van der Waals surface area contributed by atoms with Crippen molar-refractivity contribution < 1.29 is 28.7 Å². The fourth-order valence-electron chi connectivity index (χ4n) is 2.83. The second kappa shape index (κ2) is 8.20. The molecule has 1 aromatic carbocycles. The molecular weight excluding hydrogens is 366 g/mol. The Morgan fingerprint density at radius 2 is 1.86 bits per heavy atom. The highest BCUT2D eigenvalue weighted by Crippen LogP contribution is 2.28. The number of nitrogens with one attached hydrogen (secondary N) is 1. The number of rotatable bonds is 8. The number of imide groups is 1. The lowest BCUT2D eigenvalue weighted by Crippen LogP contribution is -2.47. The summed E-state index contributed by atoms with van der Waals surface area (Å²) in [6.45, 7) is 5.13. The van der Waals surface area contributed by atoms with Gasteiger partial charge in [0, 0.05) is 12.1 Å². The minimum absolute atomic E-state index is 0.0102. The van der Waals surface area contributed by atoms with Gasteiger partial charge < -0.3 is 20.6 Å². The van der Waals surface area contributed by atoms with Crippen LogP contribution < -0.4 is 11.1 Å². The number of amides is 3. The molecule has 3 N–H and O–H groups in total. The number of carbonyl (C=O) groups is 5. The molecule has 0 aromatic heterocycles. The first kappa shape index (κ1) is 21.1. The van der Waals surface area contributed by atoms with E-state index >= 15 is 0 Å². The zero-order valence-corrected chi connectivity index (χ0v) is 16.0. The van der Waals surface area contributed by atoms with Crippen molar-refractivity contribution in [2.75, 3.05) is 11.9 Å². The monoisotopic (exact) mass is 389 g/mol. The molecule has 1 heterocycles. The van der Waals surface area contributed by atoms with Crippen molar-refractivity contribution in [3.63, 3.8) is 0 Å². The predicted molar refractivity (Wildman–Crippen MR) is 99.6 cm³/mol. The van der Waals surface area contributed by atoms with Crippen LogP contribution in [0.3, 0.4) is 0 Å². The number of hydrogen-bond acceptors (Lipinski definition) is 7. The van der Waals surface area contributed by atoms with E-state index < -0.39 is 35.3 Å². The van der Waals surface area contributed by atoms with Crippen molar-refractivity contribution in [1.29, 1.82) is 0 Å². The quantitative estimate of drug-likeness (QED) is 0.382. The Labute approximate surface area is 162 Å². The van der Waals surface area contributed by atoms with Crippen LogP contribution in [-0.2, 0) is 19.1 Å². The number of aldehydes is 1. The van der Waals surface area contributed by atoms with Crippen LogP contribution in [0.25, 0.3) is 0 Å². The first-order valence-electron chi connectivity index (χ1n) is 8.75. The van der Waals surface area contributed by atoms with E-state index in [0.717, 1.165) is 4.90 Å². The van der Waals surface area contributed by atoms with Crippen molar-refractivity contribution >= 4 is 35.7 Å². The van der Waals surface area contributed by atoms with Crippen LogP contribution in [0.15, 0.2) is 18.2 Å². The van der Waals surface area contributed by atoms with Crippen molar-refractivity contribution in [3.8, 4) is 0 Å². The van der Waals surface area contributed by atoms with Gasteiger partial charge in [-0.3, -0.25) is 24.1 Å². The number of primary amides is 1. The number of fused-ring (bicyclic) bond motifs is 1. The van der Waals surface area contributed by atoms with Crippen LogP contribution in [0.4, 0.5) is 5.69 Å². The molecule has 0 radical (unpaired) electrons. The van der Waals surface area contributed by atoms with Crippen molar-refractivity contribution in [1.82, 2.24) is 4.90 Å². The summed E-state index contributed by atoms with van der Waals surface area (Å²) in [5, 5.41) is 2.84. The average molecular weight is 389 g/mol. The predicted octanol–water partition coefficient (Wildman–Crippen LogP) is 0.869. The third kappa shape index (κ3) is 4.73. The van der Waals surface area contributed by atoms with Crippen LogP contribution in [-0.4, -0.2) is 53.1 Å². The number of ether oxygens (including phenoxy) is 1. The first-order chi connectivity index (χ1) is 13.0.